The number of carbonyl (C=O) groups is 3. The lowest BCUT2D eigenvalue weighted by molar-refractivity contribution is -0.131. The molecule has 1 heterocycles. The molecule has 0 bridgehead atoms. The van der Waals surface area contributed by atoms with Crippen molar-refractivity contribution in [3.63, 3.8) is 0 Å². The molecular formula is C21H23N3O3. The van der Waals surface area contributed by atoms with Crippen LogP contribution in [0.15, 0.2) is 60.7 Å². The van der Waals surface area contributed by atoms with E-state index in [-0.39, 0.29) is 24.4 Å². The number of urea groups is 1. The second-order valence-corrected chi connectivity index (χ2v) is 6.78. The molecule has 0 saturated carbocycles. The summed E-state index contributed by atoms with van der Waals surface area (Å²) < 4.78 is 0. The summed E-state index contributed by atoms with van der Waals surface area (Å²) in [6.45, 7) is 5.20. The number of anilines is 2. The van der Waals surface area contributed by atoms with Crippen molar-refractivity contribution in [2.45, 2.75) is 32.9 Å². The van der Waals surface area contributed by atoms with Crippen LogP contribution in [-0.2, 0) is 9.59 Å². The van der Waals surface area contributed by atoms with E-state index in [0.29, 0.717) is 5.69 Å². The zero-order valence-electron chi connectivity index (χ0n) is 15.7. The van der Waals surface area contributed by atoms with Crippen LogP contribution in [0.25, 0.3) is 0 Å². The maximum Gasteiger partial charge on any atom is 0.332 e. The normalized spacial score (nSPS) is 17.0. The van der Waals surface area contributed by atoms with Gasteiger partial charge in [0.25, 0.3) is 5.91 Å². The highest BCUT2D eigenvalue weighted by molar-refractivity contribution is 6.16. The molecule has 140 valence electrons. The molecule has 0 radical (unpaired) electrons. The average Bonchev–Trinajstić information content (AvgIpc) is 2.86. The molecule has 27 heavy (non-hydrogen) atoms. The minimum atomic E-state index is -0.642. The van der Waals surface area contributed by atoms with Gasteiger partial charge in [-0.05, 0) is 45.0 Å². The minimum absolute atomic E-state index is 0.102. The fourth-order valence-electron chi connectivity index (χ4n) is 3.32. The number of para-hydroxylation sites is 2. The predicted octanol–water partition coefficient (Wildman–Crippen LogP) is 3.29. The highest BCUT2D eigenvalue weighted by Gasteiger charge is 2.44. The third-order valence-corrected chi connectivity index (χ3v) is 4.59. The Morgan fingerprint density at radius 1 is 1.00 bits per heavy atom. The lowest BCUT2D eigenvalue weighted by atomic mass is 10.2. The Morgan fingerprint density at radius 3 is 2.11 bits per heavy atom. The molecule has 1 saturated heterocycles. The third-order valence-electron chi connectivity index (χ3n) is 4.59. The smallest absolute Gasteiger partial charge is 0.308 e. The lowest BCUT2D eigenvalue weighted by Gasteiger charge is -2.28. The van der Waals surface area contributed by atoms with Crippen molar-refractivity contribution in [3.05, 3.63) is 60.7 Å². The van der Waals surface area contributed by atoms with Crippen LogP contribution in [0.2, 0.25) is 0 Å². The molecule has 2 aromatic carbocycles. The molecule has 1 fully saturated rings. The van der Waals surface area contributed by atoms with E-state index in [1.807, 2.05) is 62.4 Å². The molecule has 0 aromatic heterocycles. The van der Waals surface area contributed by atoms with E-state index in [1.54, 1.807) is 24.0 Å². The summed E-state index contributed by atoms with van der Waals surface area (Å²) >= 11 is 0. The van der Waals surface area contributed by atoms with Gasteiger partial charge in [-0.3, -0.25) is 19.4 Å². The van der Waals surface area contributed by atoms with E-state index in [2.05, 4.69) is 0 Å². The van der Waals surface area contributed by atoms with Crippen LogP contribution < -0.4 is 9.80 Å². The number of hydrogen-bond donors (Lipinski definition) is 0. The van der Waals surface area contributed by atoms with Crippen LogP contribution in [0, 0.1) is 0 Å². The molecule has 1 unspecified atom stereocenters. The van der Waals surface area contributed by atoms with Gasteiger partial charge in [-0.25, -0.2) is 4.79 Å². The largest absolute Gasteiger partial charge is 0.332 e. The summed E-state index contributed by atoms with van der Waals surface area (Å²) in [5.41, 5.74) is 1.38. The van der Waals surface area contributed by atoms with E-state index in [4.69, 9.17) is 0 Å². The standard InChI is InChI=1S/C21H23N3O3/c1-15(2)23(17-10-6-4-7-11-17)19(25)14-22-20(26)16(3)24(21(22)27)18-12-8-5-9-13-18/h4-13,15-16H,14H2,1-3H3. The van der Waals surface area contributed by atoms with Gasteiger partial charge in [-0.1, -0.05) is 36.4 Å². The maximum absolute atomic E-state index is 12.9. The lowest BCUT2D eigenvalue weighted by Crippen LogP contribution is -2.46. The number of imide groups is 1. The first kappa shape index (κ1) is 18.6. The van der Waals surface area contributed by atoms with Gasteiger partial charge < -0.3 is 4.90 Å². The second-order valence-electron chi connectivity index (χ2n) is 6.78. The fraction of sp³-hybridized carbons (Fsp3) is 0.286. The van der Waals surface area contributed by atoms with Crippen LogP contribution in [0.3, 0.4) is 0 Å². The molecule has 6 heteroatoms. The third kappa shape index (κ3) is 3.56. The van der Waals surface area contributed by atoms with Gasteiger partial charge in [-0.2, -0.15) is 0 Å². The van der Waals surface area contributed by atoms with E-state index in [0.717, 1.165) is 10.6 Å². The number of benzene rings is 2. The van der Waals surface area contributed by atoms with Gasteiger partial charge in [0.05, 0.1) is 0 Å². The van der Waals surface area contributed by atoms with Gasteiger partial charge in [0, 0.05) is 17.4 Å². The van der Waals surface area contributed by atoms with Crippen molar-refractivity contribution >= 4 is 29.2 Å². The molecule has 0 N–H and O–H groups in total. The van der Waals surface area contributed by atoms with E-state index in [1.165, 1.54) is 4.90 Å². The highest BCUT2D eigenvalue weighted by atomic mass is 16.2. The first-order valence-electron chi connectivity index (χ1n) is 8.98. The van der Waals surface area contributed by atoms with Gasteiger partial charge in [0.1, 0.15) is 12.6 Å². The fourth-order valence-corrected chi connectivity index (χ4v) is 3.32. The minimum Gasteiger partial charge on any atom is -0.308 e. The Bertz CT molecular complexity index is 836. The Balaban J connectivity index is 1.83. The van der Waals surface area contributed by atoms with Gasteiger partial charge in [0.15, 0.2) is 0 Å². The Labute approximate surface area is 159 Å². The number of rotatable bonds is 5. The van der Waals surface area contributed by atoms with E-state index >= 15 is 0 Å². The zero-order valence-corrected chi connectivity index (χ0v) is 15.7. The molecule has 6 nitrogen and oxygen atoms in total. The molecule has 4 amide bonds. The monoisotopic (exact) mass is 365 g/mol. The van der Waals surface area contributed by atoms with Gasteiger partial charge in [-0.15, -0.1) is 0 Å². The Kier molecular flexibility index (Phi) is 5.26. The zero-order chi connectivity index (χ0) is 19.6. The number of hydrogen-bond acceptors (Lipinski definition) is 3. The number of nitrogens with zero attached hydrogens (tertiary/aromatic N) is 3. The first-order valence-corrected chi connectivity index (χ1v) is 8.98. The molecule has 1 atom stereocenters. The molecule has 0 spiro atoms. The van der Waals surface area contributed by atoms with Crippen molar-refractivity contribution in [3.8, 4) is 0 Å². The van der Waals surface area contributed by atoms with Crippen molar-refractivity contribution in [2.75, 3.05) is 16.3 Å². The average molecular weight is 365 g/mol. The molecule has 2 aromatic rings. The predicted molar refractivity (Wildman–Crippen MR) is 105 cm³/mol. The van der Waals surface area contributed by atoms with E-state index < -0.39 is 12.1 Å². The number of carbonyl (C=O) groups excluding carboxylic acids is 3. The van der Waals surface area contributed by atoms with Crippen LogP contribution in [-0.4, -0.2) is 41.4 Å². The topological polar surface area (TPSA) is 60.9 Å². The van der Waals surface area contributed by atoms with Crippen molar-refractivity contribution in [2.24, 2.45) is 0 Å². The molecule has 1 aliphatic heterocycles. The second kappa shape index (κ2) is 7.61. The molecule has 3 rings (SSSR count). The van der Waals surface area contributed by atoms with Crippen molar-refractivity contribution < 1.29 is 14.4 Å². The first-order chi connectivity index (χ1) is 12.9. The summed E-state index contributed by atoms with van der Waals surface area (Å²) in [5, 5.41) is 0. The number of amides is 4. The van der Waals surface area contributed by atoms with Crippen LogP contribution in [0.5, 0.6) is 0 Å². The quantitative estimate of drug-likeness (QED) is 0.764. The van der Waals surface area contributed by atoms with Crippen LogP contribution in [0.4, 0.5) is 16.2 Å². The summed E-state index contributed by atoms with van der Waals surface area (Å²) in [7, 11) is 0. The SMILES string of the molecule is CC(C)N(C(=O)CN1C(=O)C(C)N(c2ccccc2)C1=O)c1ccccc1. The Morgan fingerprint density at radius 2 is 1.56 bits per heavy atom. The summed E-state index contributed by atoms with van der Waals surface area (Å²) in [4.78, 5) is 42.5. The summed E-state index contributed by atoms with van der Waals surface area (Å²) in [5.74, 6) is -0.658. The summed E-state index contributed by atoms with van der Waals surface area (Å²) in [6, 6.07) is 17.1. The molecular weight excluding hydrogens is 342 g/mol. The van der Waals surface area contributed by atoms with Gasteiger partial charge >= 0.3 is 6.03 Å². The molecule has 1 aliphatic rings. The molecule has 0 aliphatic carbocycles. The Hall–Kier alpha value is -3.15. The van der Waals surface area contributed by atoms with E-state index in [9.17, 15) is 14.4 Å². The van der Waals surface area contributed by atoms with Crippen LogP contribution >= 0.6 is 0 Å². The maximum atomic E-state index is 12.9. The summed E-state index contributed by atoms with van der Waals surface area (Å²) in [6.07, 6.45) is 0. The van der Waals surface area contributed by atoms with Crippen LogP contribution in [0.1, 0.15) is 20.8 Å². The van der Waals surface area contributed by atoms with Crippen molar-refractivity contribution in [1.29, 1.82) is 0 Å². The highest BCUT2D eigenvalue weighted by Crippen LogP contribution is 2.26. The van der Waals surface area contributed by atoms with Crippen molar-refractivity contribution in [1.82, 2.24) is 4.90 Å². The van der Waals surface area contributed by atoms with Gasteiger partial charge in [0.2, 0.25) is 5.91 Å².